The number of ketones is 1. The minimum Gasteiger partial charge on any atom is -0.503 e. The summed E-state index contributed by atoms with van der Waals surface area (Å²) in [7, 11) is 0. The Hall–Kier alpha value is -2.83. The Morgan fingerprint density at radius 2 is 2.04 bits per heavy atom. The number of anilines is 1. The molecule has 136 valence electrons. The van der Waals surface area contributed by atoms with Gasteiger partial charge in [-0.25, -0.2) is 0 Å². The zero-order valence-electron chi connectivity index (χ0n) is 14.2. The molecule has 1 amide bonds. The van der Waals surface area contributed by atoms with Gasteiger partial charge in [-0.05, 0) is 48.2 Å². The number of hydrogen-bond donors (Lipinski definition) is 1. The van der Waals surface area contributed by atoms with E-state index in [-0.39, 0.29) is 11.3 Å². The summed E-state index contributed by atoms with van der Waals surface area (Å²) in [4.78, 5) is 28.1. The van der Waals surface area contributed by atoms with Crippen molar-refractivity contribution in [3.05, 3.63) is 86.7 Å². The summed E-state index contributed by atoms with van der Waals surface area (Å²) in [5.74, 6) is -1.68. The number of aliphatic hydroxyl groups excluding tert-OH is 1. The predicted molar refractivity (Wildman–Crippen MR) is 103 cm³/mol. The highest BCUT2D eigenvalue weighted by Crippen LogP contribution is 2.44. The molecule has 1 aliphatic heterocycles. The molecule has 1 unspecified atom stereocenters. The van der Waals surface area contributed by atoms with Crippen molar-refractivity contribution in [3.8, 4) is 0 Å². The third kappa shape index (κ3) is 2.78. The van der Waals surface area contributed by atoms with Gasteiger partial charge in [-0.2, -0.15) is 0 Å². The van der Waals surface area contributed by atoms with Crippen molar-refractivity contribution in [2.75, 3.05) is 4.90 Å². The van der Waals surface area contributed by atoms with Crippen LogP contribution in [-0.2, 0) is 4.79 Å². The van der Waals surface area contributed by atoms with Crippen molar-refractivity contribution in [1.29, 1.82) is 0 Å². The van der Waals surface area contributed by atoms with Crippen molar-refractivity contribution in [3.63, 3.8) is 0 Å². The van der Waals surface area contributed by atoms with E-state index in [1.54, 1.807) is 31.2 Å². The zero-order chi connectivity index (χ0) is 19.1. The highest BCUT2D eigenvalue weighted by Gasteiger charge is 2.46. The number of furan rings is 1. The fourth-order valence-corrected chi connectivity index (χ4v) is 4.19. The van der Waals surface area contributed by atoms with Crippen LogP contribution in [0.25, 0.3) is 0 Å². The van der Waals surface area contributed by atoms with Gasteiger partial charge in [0.2, 0.25) is 5.78 Å². The third-order valence-electron chi connectivity index (χ3n) is 4.51. The second-order valence-electron chi connectivity index (χ2n) is 6.05. The molecule has 0 bridgehead atoms. The van der Waals surface area contributed by atoms with Crippen molar-refractivity contribution in [2.24, 2.45) is 0 Å². The van der Waals surface area contributed by atoms with Gasteiger partial charge in [0.05, 0.1) is 11.8 Å². The summed E-state index contributed by atoms with van der Waals surface area (Å²) in [5, 5.41) is 12.9. The number of thiophene rings is 1. The van der Waals surface area contributed by atoms with E-state index in [1.165, 1.54) is 28.6 Å². The molecule has 3 heterocycles. The van der Waals surface area contributed by atoms with Crippen molar-refractivity contribution >= 4 is 40.3 Å². The van der Waals surface area contributed by atoms with Gasteiger partial charge in [0, 0.05) is 15.6 Å². The van der Waals surface area contributed by atoms with E-state index in [4.69, 9.17) is 16.0 Å². The molecular weight excluding hydrogens is 386 g/mol. The number of benzene rings is 1. The Kier molecular flexibility index (Phi) is 4.37. The maximum Gasteiger partial charge on any atom is 0.294 e. The smallest absolute Gasteiger partial charge is 0.294 e. The third-order valence-corrected chi connectivity index (χ3v) is 5.84. The lowest BCUT2D eigenvalue weighted by Crippen LogP contribution is -2.31. The highest BCUT2D eigenvalue weighted by atomic mass is 35.5. The molecule has 5 nitrogen and oxygen atoms in total. The molecule has 7 heteroatoms. The molecule has 1 aromatic carbocycles. The topological polar surface area (TPSA) is 70.8 Å². The van der Waals surface area contributed by atoms with E-state index in [9.17, 15) is 14.7 Å². The minimum absolute atomic E-state index is 0.00299. The fourth-order valence-electron chi connectivity index (χ4n) is 3.20. The SMILES string of the molecule is Cc1c(Cl)cccc1N1C(=O)C(O)=C(C(=O)c2ccco2)C1c1cccs1. The predicted octanol–water partition coefficient (Wildman–Crippen LogP) is 5.09. The van der Waals surface area contributed by atoms with Crippen LogP contribution >= 0.6 is 22.9 Å². The van der Waals surface area contributed by atoms with Crippen molar-refractivity contribution < 1.29 is 19.1 Å². The Morgan fingerprint density at radius 1 is 1.22 bits per heavy atom. The summed E-state index contributed by atoms with van der Waals surface area (Å²) in [5.41, 5.74) is 1.23. The maximum atomic E-state index is 13.0. The lowest BCUT2D eigenvalue weighted by Gasteiger charge is -2.27. The van der Waals surface area contributed by atoms with Crippen LogP contribution in [0, 0.1) is 6.92 Å². The van der Waals surface area contributed by atoms with Crippen molar-refractivity contribution in [1.82, 2.24) is 0 Å². The number of halogens is 1. The van der Waals surface area contributed by atoms with Crippen LogP contribution in [0.2, 0.25) is 5.02 Å². The molecular formula is C20H14ClNO4S. The number of carbonyl (C=O) groups is 2. The number of amides is 1. The van der Waals surface area contributed by atoms with Crippen LogP contribution in [0.15, 0.2) is 69.9 Å². The first-order valence-corrected chi connectivity index (χ1v) is 9.40. The number of hydrogen-bond acceptors (Lipinski definition) is 5. The molecule has 0 radical (unpaired) electrons. The van der Waals surface area contributed by atoms with Gasteiger partial charge >= 0.3 is 0 Å². The van der Waals surface area contributed by atoms with Crippen LogP contribution in [0.5, 0.6) is 0 Å². The van der Waals surface area contributed by atoms with E-state index >= 15 is 0 Å². The standard InChI is InChI=1S/C20H14ClNO4S/c1-11-12(21)5-2-6-13(11)22-17(15-8-4-10-27-15)16(19(24)20(22)25)18(23)14-7-3-9-26-14/h2-10,17,24H,1H3. The molecule has 3 aromatic rings. The number of aliphatic hydroxyl groups is 1. The van der Waals surface area contributed by atoms with Crippen LogP contribution in [0.3, 0.4) is 0 Å². The summed E-state index contributed by atoms with van der Waals surface area (Å²) < 4.78 is 5.20. The molecule has 1 N–H and O–H groups in total. The van der Waals surface area contributed by atoms with Gasteiger partial charge < -0.3 is 9.52 Å². The molecule has 1 aliphatic rings. The summed E-state index contributed by atoms with van der Waals surface area (Å²) in [6.07, 6.45) is 1.38. The van der Waals surface area contributed by atoms with Gasteiger partial charge in [0.25, 0.3) is 5.91 Å². The highest BCUT2D eigenvalue weighted by molar-refractivity contribution is 7.10. The molecule has 0 fully saturated rings. The average Bonchev–Trinajstić information content (AvgIpc) is 3.40. The summed E-state index contributed by atoms with van der Waals surface area (Å²) in [6, 6.07) is 11.2. The second-order valence-corrected chi connectivity index (χ2v) is 7.43. The number of rotatable bonds is 4. The largest absolute Gasteiger partial charge is 0.503 e. The number of nitrogens with zero attached hydrogens (tertiary/aromatic N) is 1. The van der Waals surface area contributed by atoms with Crippen molar-refractivity contribution in [2.45, 2.75) is 13.0 Å². The first kappa shape index (κ1) is 17.6. The molecule has 0 aliphatic carbocycles. The van der Waals surface area contributed by atoms with Gasteiger partial charge in [-0.15, -0.1) is 11.3 Å². The van der Waals surface area contributed by atoms with Gasteiger partial charge in [0.1, 0.15) is 6.04 Å². The molecule has 4 rings (SSSR count). The fraction of sp³-hybridized carbons (Fsp3) is 0.100. The monoisotopic (exact) mass is 399 g/mol. The molecule has 0 saturated heterocycles. The van der Waals surface area contributed by atoms with Crippen LogP contribution in [0.4, 0.5) is 5.69 Å². The summed E-state index contributed by atoms with van der Waals surface area (Å²) >= 11 is 7.63. The first-order chi connectivity index (χ1) is 13.0. The van der Waals surface area contributed by atoms with E-state index in [1.807, 2.05) is 17.5 Å². The van der Waals surface area contributed by atoms with Gasteiger partial charge in [0.15, 0.2) is 11.5 Å². The van der Waals surface area contributed by atoms with Crippen LogP contribution in [-0.4, -0.2) is 16.8 Å². The van der Waals surface area contributed by atoms with Gasteiger partial charge in [-0.3, -0.25) is 14.5 Å². The Labute approximate surface area is 164 Å². The molecule has 0 saturated carbocycles. The van der Waals surface area contributed by atoms with E-state index in [0.29, 0.717) is 16.3 Å². The second kappa shape index (κ2) is 6.72. The van der Waals surface area contributed by atoms with Gasteiger partial charge in [-0.1, -0.05) is 23.7 Å². The Balaban J connectivity index is 1.90. The number of Topliss-reactive ketones (excluding diaryl/α,β-unsaturated/α-hetero) is 1. The van der Waals surface area contributed by atoms with Crippen LogP contribution < -0.4 is 4.90 Å². The Morgan fingerprint density at radius 3 is 2.70 bits per heavy atom. The molecule has 0 spiro atoms. The molecule has 1 atom stereocenters. The van der Waals surface area contributed by atoms with E-state index in [2.05, 4.69) is 0 Å². The quantitative estimate of drug-likeness (QED) is 0.620. The molecule has 2 aromatic heterocycles. The first-order valence-electron chi connectivity index (χ1n) is 8.14. The number of carbonyl (C=O) groups excluding carboxylic acids is 2. The Bertz CT molecular complexity index is 1050. The van der Waals surface area contributed by atoms with E-state index in [0.717, 1.165) is 4.88 Å². The molecule has 27 heavy (non-hydrogen) atoms. The van der Waals surface area contributed by atoms with Crippen LogP contribution in [0.1, 0.15) is 27.0 Å². The minimum atomic E-state index is -0.757. The zero-order valence-corrected chi connectivity index (χ0v) is 15.8. The van der Waals surface area contributed by atoms with E-state index < -0.39 is 23.5 Å². The lowest BCUT2D eigenvalue weighted by molar-refractivity contribution is -0.117. The maximum absolute atomic E-state index is 13.0. The average molecular weight is 400 g/mol. The lowest BCUT2D eigenvalue weighted by atomic mass is 9.99. The summed E-state index contributed by atoms with van der Waals surface area (Å²) in [6.45, 7) is 1.79. The normalized spacial score (nSPS) is 17.0.